The topological polar surface area (TPSA) is 29.5 Å². The number of aliphatic hydroxyl groups is 1. The highest BCUT2D eigenvalue weighted by Gasteiger charge is 2.14. The molecule has 1 unspecified atom stereocenters. The Morgan fingerprint density at radius 2 is 1.89 bits per heavy atom. The molecule has 0 spiro atoms. The molecule has 2 aromatic rings. The van der Waals surface area contributed by atoms with Gasteiger partial charge < -0.3 is 9.84 Å². The molecule has 0 aliphatic heterocycles. The molecule has 0 aliphatic carbocycles. The highest BCUT2D eigenvalue weighted by molar-refractivity contribution is 6.30. The fourth-order valence-corrected chi connectivity index (χ4v) is 2.05. The lowest BCUT2D eigenvalue weighted by Gasteiger charge is -2.12. The van der Waals surface area contributed by atoms with Gasteiger partial charge in [-0.2, -0.15) is 0 Å². The summed E-state index contributed by atoms with van der Waals surface area (Å²) in [5, 5.41) is 10.5. The molecular weight excluding hydrogens is 267 g/mol. The van der Waals surface area contributed by atoms with Gasteiger partial charge in [-0.15, -0.1) is 0 Å². The highest BCUT2D eigenvalue weighted by Crippen LogP contribution is 2.25. The molecule has 4 heteroatoms. The molecule has 2 rings (SSSR count). The predicted molar refractivity (Wildman–Crippen MR) is 73.1 cm³/mol. The molecule has 0 amide bonds. The summed E-state index contributed by atoms with van der Waals surface area (Å²) < 4.78 is 18.7. The summed E-state index contributed by atoms with van der Waals surface area (Å²) in [6.07, 6.45) is -0.603. The van der Waals surface area contributed by atoms with E-state index in [4.69, 9.17) is 16.3 Å². The van der Waals surface area contributed by atoms with Crippen LogP contribution in [0.1, 0.15) is 17.2 Å². The Kier molecular flexibility index (Phi) is 4.40. The molecule has 0 saturated carbocycles. The Balaban J connectivity index is 2.15. The molecule has 0 heterocycles. The number of benzene rings is 2. The molecule has 0 saturated heterocycles. The molecule has 0 aliphatic rings. The first kappa shape index (κ1) is 13.8. The average molecular weight is 281 g/mol. The third-order valence-electron chi connectivity index (χ3n) is 2.91. The molecule has 19 heavy (non-hydrogen) atoms. The molecule has 2 aromatic carbocycles. The van der Waals surface area contributed by atoms with Crippen LogP contribution in [0.4, 0.5) is 4.39 Å². The van der Waals surface area contributed by atoms with E-state index in [1.165, 1.54) is 18.2 Å². The molecule has 1 N–H and O–H groups in total. The minimum atomic E-state index is -0.924. The summed E-state index contributed by atoms with van der Waals surface area (Å²) in [7, 11) is 1.59. The van der Waals surface area contributed by atoms with E-state index in [1.807, 2.05) is 12.1 Å². The smallest absolute Gasteiger partial charge is 0.129 e. The van der Waals surface area contributed by atoms with Crippen molar-refractivity contribution in [3.05, 3.63) is 64.4 Å². The monoisotopic (exact) mass is 280 g/mol. The molecule has 0 aromatic heterocycles. The average Bonchev–Trinajstić information content (AvgIpc) is 2.42. The van der Waals surface area contributed by atoms with Crippen molar-refractivity contribution in [1.29, 1.82) is 0 Å². The fraction of sp³-hybridized carbons (Fsp3) is 0.200. The van der Waals surface area contributed by atoms with Crippen LogP contribution >= 0.6 is 11.6 Å². The molecule has 0 bridgehead atoms. The number of rotatable bonds is 4. The molecule has 100 valence electrons. The number of hydrogen-bond donors (Lipinski definition) is 1. The maximum atomic E-state index is 13.6. The van der Waals surface area contributed by atoms with Crippen LogP contribution in [0, 0.1) is 5.82 Å². The normalized spacial score (nSPS) is 12.2. The summed E-state index contributed by atoms with van der Waals surface area (Å²) in [5.74, 6) is 0.289. The number of hydrogen-bond acceptors (Lipinski definition) is 2. The van der Waals surface area contributed by atoms with E-state index in [0.29, 0.717) is 11.4 Å². The van der Waals surface area contributed by atoms with Crippen molar-refractivity contribution in [2.45, 2.75) is 12.5 Å². The maximum absolute atomic E-state index is 13.6. The second-order valence-electron chi connectivity index (χ2n) is 4.23. The first-order valence-corrected chi connectivity index (χ1v) is 6.24. The van der Waals surface area contributed by atoms with Gasteiger partial charge in [-0.1, -0.05) is 23.7 Å². The zero-order chi connectivity index (χ0) is 13.8. The van der Waals surface area contributed by atoms with Gasteiger partial charge in [0, 0.05) is 17.0 Å². The van der Waals surface area contributed by atoms with Gasteiger partial charge in [0.05, 0.1) is 13.2 Å². The minimum Gasteiger partial charge on any atom is -0.497 e. The Bertz CT molecular complexity index is 555. The van der Waals surface area contributed by atoms with Gasteiger partial charge in [0.15, 0.2) is 0 Å². The van der Waals surface area contributed by atoms with Gasteiger partial charge in [-0.3, -0.25) is 0 Å². The van der Waals surface area contributed by atoms with E-state index in [-0.39, 0.29) is 5.56 Å². The number of methoxy groups -OCH3 is 1. The highest BCUT2D eigenvalue weighted by atomic mass is 35.5. The van der Waals surface area contributed by atoms with E-state index in [1.54, 1.807) is 19.2 Å². The molecule has 2 nitrogen and oxygen atoms in total. The minimum absolute atomic E-state index is 0.211. The van der Waals surface area contributed by atoms with Crippen LogP contribution in [-0.4, -0.2) is 12.2 Å². The first-order valence-electron chi connectivity index (χ1n) is 5.86. The second kappa shape index (κ2) is 6.04. The van der Waals surface area contributed by atoms with Gasteiger partial charge >= 0.3 is 0 Å². The van der Waals surface area contributed by atoms with Crippen LogP contribution in [0.25, 0.3) is 0 Å². The maximum Gasteiger partial charge on any atom is 0.129 e. The lowest BCUT2D eigenvalue weighted by atomic mass is 10.0. The predicted octanol–water partition coefficient (Wildman–Crippen LogP) is 3.76. The van der Waals surface area contributed by atoms with Crippen molar-refractivity contribution in [3.63, 3.8) is 0 Å². The van der Waals surface area contributed by atoms with E-state index in [9.17, 15) is 9.50 Å². The number of ether oxygens (including phenoxy) is 1. The van der Waals surface area contributed by atoms with Crippen LogP contribution in [0.5, 0.6) is 5.75 Å². The van der Waals surface area contributed by atoms with Crippen LogP contribution in [0.15, 0.2) is 42.5 Å². The summed E-state index contributed by atoms with van der Waals surface area (Å²) in [4.78, 5) is 0. The third-order valence-corrected chi connectivity index (χ3v) is 3.14. The SMILES string of the molecule is COc1ccc(CC(O)c2cc(Cl)ccc2F)cc1. The van der Waals surface area contributed by atoms with Gasteiger partial charge in [-0.05, 0) is 35.9 Å². The Morgan fingerprint density at radius 1 is 1.21 bits per heavy atom. The van der Waals surface area contributed by atoms with Crippen molar-refractivity contribution >= 4 is 11.6 Å². The van der Waals surface area contributed by atoms with E-state index in [2.05, 4.69) is 0 Å². The van der Waals surface area contributed by atoms with Crippen molar-refractivity contribution in [2.75, 3.05) is 7.11 Å². The lowest BCUT2D eigenvalue weighted by Crippen LogP contribution is -2.04. The lowest BCUT2D eigenvalue weighted by molar-refractivity contribution is 0.173. The summed E-state index contributed by atoms with van der Waals surface area (Å²) in [6, 6.07) is 11.4. The number of halogens is 2. The number of aliphatic hydroxyl groups excluding tert-OH is 1. The van der Waals surface area contributed by atoms with Gasteiger partial charge in [-0.25, -0.2) is 4.39 Å². The van der Waals surface area contributed by atoms with Crippen molar-refractivity contribution in [2.24, 2.45) is 0 Å². The quantitative estimate of drug-likeness (QED) is 0.924. The largest absolute Gasteiger partial charge is 0.497 e. The van der Waals surface area contributed by atoms with Crippen LogP contribution < -0.4 is 4.74 Å². The van der Waals surface area contributed by atoms with Crippen molar-refractivity contribution in [3.8, 4) is 5.75 Å². The summed E-state index contributed by atoms with van der Waals surface area (Å²) >= 11 is 5.81. The second-order valence-corrected chi connectivity index (χ2v) is 4.67. The van der Waals surface area contributed by atoms with E-state index in [0.717, 1.165) is 11.3 Å². The molecule has 0 fully saturated rings. The van der Waals surface area contributed by atoms with Gasteiger partial charge in [0.2, 0.25) is 0 Å². The van der Waals surface area contributed by atoms with Crippen LogP contribution in [0.3, 0.4) is 0 Å². The molecule has 1 atom stereocenters. The zero-order valence-corrected chi connectivity index (χ0v) is 11.2. The molecule has 0 radical (unpaired) electrons. The van der Waals surface area contributed by atoms with Gasteiger partial charge in [0.25, 0.3) is 0 Å². The van der Waals surface area contributed by atoms with Gasteiger partial charge in [0.1, 0.15) is 11.6 Å². The third kappa shape index (κ3) is 3.46. The Labute approximate surface area is 116 Å². The fourth-order valence-electron chi connectivity index (χ4n) is 1.86. The summed E-state index contributed by atoms with van der Waals surface area (Å²) in [6.45, 7) is 0. The van der Waals surface area contributed by atoms with Crippen LogP contribution in [-0.2, 0) is 6.42 Å². The molecular formula is C15H14ClFO2. The zero-order valence-electron chi connectivity index (χ0n) is 10.4. The van der Waals surface area contributed by atoms with Crippen molar-refractivity contribution < 1.29 is 14.2 Å². The van der Waals surface area contributed by atoms with Crippen molar-refractivity contribution in [1.82, 2.24) is 0 Å². The van der Waals surface area contributed by atoms with E-state index >= 15 is 0 Å². The standard InChI is InChI=1S/C15H14ClFO2/c1-19-12-5-2-10(3-6-12)8-15(18)13-9-11(16)4-7-14(13)17/h2-7,9,15,18H,8H2,1H3. The van der Waals surface area contributed by atoms with E-state index < -0.39 is 11.9 Å². The summed E-state index contributed by atoms with van der Waals surface area (Å²) in [5.41, 5.74) is 1.11. The first-order chi connectivity index (χ1) is 9.10. The Hall–Kier alpha value is -1.58. The Morgan fingerprint density at radius 3 is 2.53 bits per heavy atom. The van der Waals surface area contributed by atoms with Crippen LogP contribution in [0.2, 0.25) is 5.02 Å².